The van der Waals surface area contributed by atoms with Gasteiger partial charge in [0.05, 0.1) is 54.7 Å². The molecule has 14 nitrogen and oxygen atoms in total. The first-order valence-corrected chi connectivity index (χ1v) is 20.5. The number of para-hydroxylation sites is 1. The van der Waals surface area contributed by atoms with Crippen LogP contribution in [0.25, 0.3) is 5.69 Å². The molecule has 57 heavy (non-hydrogen) atoms. The molecule has 2 fully saturated rings. The molecule has 5 rings (SSSR count). The van der Waals surface area contributed by atoms with Crippen LogP contribution in [0.5, 0.6) is 5.75 Å². The van der Waals surface area contributed by atoms with E-state index in [2.05, 4.69) is 38.2 Å². The Bertz CT molecular complexity index is 1830. The quantitative estimate of drug-likeness (QED) is 0.0785. The van der Waals surface area contributed by atoms with Gasteiger partial charge in [0.25, 0.3) is 5.91 Å². The SMILES string of the molecule is C=C1N[C@H]2[C@H](CS[C@H]2CCCCC(=O)NCCOCCC(=O)CCc2cn(-c3cccc(C(=O)N[C@@H](CCCCN)C(=O)COc4c(F)cccc4F)c3)nn2)N1. The van der Waals surface area contributed by atoms with Gasteiger partial charge in [0.15, 0.2) is 23.2 Å². The molecule has 17 heteroatoms. The van der Waals surface area contributed by atoms with E-state index in [1.807, 2.05) is 11.8 Å². The zero-order valence-electron chi connectivity index (χ0n) is 32.0. The Morgan fingerprint density at radius 3 is 2.63 bits per heavy atom. The summed E-state index contributed by atoms with van der Waals surface area (Å²) in [5.41, 5.74) is 6.97. The van der Waals surface area contributed by atoms with Crippen LogP contribution in [0, 0.1) is 11.6 Å². The number of halogens is 2. The summed E-state index contributed by atoms with van der Waals surface area (Å²) in [6, 6.07) is 9.68. The average Bonchev–Trinajstić information content (AvgIpc) is 3.93. The Morgan fingerprint density at radius 1 is 1.02 bits per heavy atom. The maximum absolute atomic E-state index is 14.0. The molecule has 0 spiro atoms. The number of hydrogen-bond donors (Lipinski definition) is 5. The van der Waals surface area contributed by atoms with Crippen LogP contribution in [-0.2, 0) is 25.5 Å². The molecule has 0 bridgehead atoms. The maximum atomic E-state index is 14.0. The second-order valence-corrected chi connectivity index (χ2v) is 15.4. The molecule has 2 aromatic carbocycles. The highest BCUT2D eigenvalue weighted by molar-refractivity contribution is 8.00. The first kappa shape index (κ1) is 43.3. The van der Waals surface area contributed by atoms with Gasteiger partial charge in [-0.3, -0.25) is 19.2 Å². The lowest BCUT2D eigenvalue weighted by molar-refractivity contribution is -0.123. The predicted molar refractivity (Wildman–Crippen MR) is 212 cm³/mol. The molecule has 3 heterocycles. The number of amides is 2. The zero-order valence-corrected chi connectivity index (χ0v) is 32.8. The second kappa shape index (κ2) is 22.2. The molecule has 1 aromatic heterocycles. The number of ether oxygens (including phenoxy) is 2. The summed E-state index contributed by atoms with van der Waals surface area (Å²) in [5, 5.41) is 21.3. The van der Waals surface area contributed by atoms with Crippen LogP contribution in [0.2, 0.25) is 0 Å². The van der Waals surface area contributed by atoms with Crippen LogP contribution in [0.4, 0.5) is 8.78 Å². The molecule has 2 aliphatic heterocycles. The number of unbranched alkanes of at least 4 members (excludes halogenated alkanes) is 2. The van der Waals surface area contributed by atoms with E-state index in [0.717, 1.165) is 43.0 Å². The number of nitrogens with one attached hydrogen (secondary N) is 4. The molecule has 308 valence electrons. The fraction of sp³-hybridized carbons (Fsp3) is 0.500. The molecule has 2 aliphatic rings. The van der Waals surface area contributed by atoms with E-state index < -0.39 is 41.7 Å². The van der Waals surface area contributed by atoms with Crippen molar-refractivity contribution in [3.8, 4) is 11.4 Å². The monoisotopic (exact) mass is 810 g/mol. The van der Waals surface area contributed by atoms with Crippen molar-refractivity contribution in [2.75, 3.05) is 38.7 Å². The van der Waals surface area contributed by atoms with Gasteiger partial charge in [-0.15, -0.1) is 5.10 Å². The number of thioether (sulfide) groups is 1. The minimum absolute atomic E-state index is 0.00272. The smallest absolute Gasteiger partial charge is 0.251 e. The molecular formula is C40H52F2N8O6S. The van der Waals surface area contributed by atoms with Crippen molar-refractivity contribution in [3.05, 3.63) is 84.0 Å². The minimum atomic E-state index is -0.978. The van der Waals surface area contributed by atoms with E-state index in [1.54, 1.807) is 30.5 Å². The highest BCUT2D eigenvalue weighted by atomic mass is 32.2. The number of rotatable bonds is 25. The number of carbonyl (C=O) groups is 4. The standard InChI is InChI=1S/C40H52F2N8O6S/c1-26-45-34-25-57-36(38(34)46-26)13-2-3-14-37(53)44-19-21-55-20-17-30(51)16-15-28-23-50(49-48-28)29-9-6-8-27(22-29)40(54)47-33(12-4-5-18-43)35(52)24-56-39-31(41)10-7-11-32(39)42/h6-11,22-23,33-34,36,38,45-46H,1-5,12-21,24-25,43H2,(H,44,53)(H,47,54)/t33-,34-,36-,38-/m0/s1. The fourth-order valence-electron chi connectivity index (χ4n) is 6.65. The largest absolute Gasteiger partial charge is 0.480 e. The molecule has 0 unspecified atom stereocenters. The van der Waals surface area contributed by atoms with Gasteiger partial charge in [0.2, 0.25) is 5.91 Å². The number of aryl methyl sites for hydroxylation is 1. The highest BCUT2D eigenvalue weighted by Crippen LogP contribution is 2.34. The molecule has 0 saturated carbocycles. The number of carbonyl (C=O) groups excluding carboxylic acids is 4. The van der Waals surface area contributed by atoms with Gasteiger partial charge < -0.3 is 36.5 Å². The van der Waals surface area contributed by atoms with Crippen LogP contribution in [-0.4, -0.2) is 100 Å². The Morgan fingerprint density at radius 2 is 1.82 bits per heavy atom. The summed E-state index contributed by atoms with van der Waals surface area (Å²) >= 11 is 1.98. The third-order valence-electron chi connectivity index (χ3n) is 9.75. The van der Waals surface area contributed by atoms with E-state index in [1.165, 1.54) is 10.7 Å². The molecule has 4 atom stereocenters. The Balaban J connectivity index is 0.972. The average molecular weight is 811 g/mol. The van der Waals surface area contributed by atoms with Gasteiger partial charge in [-0.25, -0.2) is 13.5 Å². The van der Waals surface area contributed by atoms with Gasteiger partial charge in [0.1, 0.15) is 12.4 Å². The van der Waals surface area contributed by atoms with Crippen molar-refractivity contribution in [2.45, 2.75) is 87.6 Å². The molecule has 6 N–H and O–H groups in total. The number of hydrogen-bond acceptors (Lipinski definition) is 12. The lowest BCUT2D eigenvalue weighted by atomic mass is 10.0. The number of aromatic nitrogens is 3. The topological polar surface area (TPSA) is 192 Å². The van der Waals surface area contributed by atoms with E-state index >= 15 is 0 Å². The third-order valence-corrected chi connectivity index (χ3v) is 11.3. The van der Waals surface area contributed by atoms with Crippen LogP contribution in [0.15, 0.2) is 61.1 Å². The number of fused-ring (bicyclic) bond motifs is 1. The third kappa shape index (κ3) is 13.4. The van der Waals surface area contributed by atoms with Gasteiger partial charge in [-0.05, 0) is 69.0 Å². The summed E-state index contributed by atoms with van der Waals surface area (Å²) in [6.45, 7) is 4.68. The number of nitrogens with zero attached hydrogens (tertiary/aromatic N) is 3. The van der Waals surface area contributed by atoms with Gasteiger partial charge >= 0.3 is 0 Å². The molecule has 2 amide bonds. The van der Waals surface area contributed by atoms with Crippen LogP contribution >= 0.6 is 11.8 Å². The molecule has 0 radical (unpaired) electrons. The lowest BCUT2D eigenvalue weighted by Gasteiger charge is -2.18. The Hall–Kier alpha value is -4.87. The van der Waals surface area contributed by atoms with Gasteiger partial charge in [-0.2, -0.15) is 11.8 Å². The molecule has 3 aromatic rings. The summed E-state index contributed by atoms with van der Waals surface area (Å²) in [5.74, 6) is -1.63. The van der Waals surface area contributed by atoms with Crippen LogP contribution < -0.4 is 31.7 Å². The number of Topliss-reactive ketones (excluding diaryl/α,β-unsaturated/α-hetero) is 2. The van der Waals surface area contributed by atoms with E-state index in [0.29, 0.717) is 74.1 Å². The Labute approximate surface area is 335 Å². The summed E-state index contributed by atoms with van der Waals surface area (Å²) in [4.78, 5) is 51.0. The minimum Gasteiger partial charge on any atom is -0.480 e. The van der Waals surface area contributed by atoms with E-state index in [9.17, 15) is 28.0 Å². The Kier molecular flexibility index (Phi) is 16.8. The zero-order chi connectivity index (χ0) is 40.6. The van der Waals surface area contributed by atoms with Gasteiger partial charge in [-0.1, -0.05) is 30.3 Å². The second-order valence-electron chi connectivity index (χ2n) is 14.1. The van der Waals surface area contributed by atoms with E-state index in [4.69, 9.17) is 15.2 Å². The van der Waals surface area contributed by atoms with Crippen LogP contribution in [0.3, 0.4) is 0 Å². The number of benzene rings is 2. The molecule has 0 aliphatic carbocycles. The highest BCUT2D eigenvalue weighted by Gasteiger charge is 2.40. The summed E-state index contributed by atoms with van der Waals surface area (Å²) in [6.07, 6.45) is 7.31. The predicted octanol–water partition coefficient (Wildman–Crippen LogP) is 3.52. The lowest BCUT2D eigenvalue weighted by Crippen LogP contribution is -2.43. The van der Waals surface area contributed by atoms with Crippen molar-refractivity contribution in [1.82, 2.24) is 36.3 Å². The molecule has 2 saturated heterocycles. The first-order chi connectivity index (χ1) is 27.6. The van der Waals surface area contributed by atoms with Crippen molar-refractivity contribution < 1.29 is 37.4 Å². The number of nitrogens with two attached hydrogens (primary N) is 1. The number of ketones is 2. The van der Waals surface area contributed by atoms with Crippen molar-refractivity contribution in [3.63, 3.8) is 0 Å². The van der Waals surface area contributed by atoms with Crippen molar-refractivity contribution in [2.24, 2.45) is 5.73 Å². The first-order valence-electron chi connectivity index (χ1n) is 19.4. The van der Waals surface area contributed by atoms with Gasteiger partial charge in [0, 0.05) is 48.8 Å². The van der Waals surface area contributed by atoms with E-state index in [-0.39, 0.29) is 43.1 Å². The van der Waals surface area contributed by atoms with Crippen molar-refractivity contribution >= 4 is 35.1 Å². The molecular weight excluding hydrogens is 759 g/mol. The fourth-order valence-corrected chi connectivity index (χ4v) is 8.20. The summed E-state index contributed by atoms with van der Waals surface area (Å²) < 4.78 is 40.2. The van der Waals surface area contributed by atoms with Crippen molar-refractivity contribution in [1.29, 1.82) is 0 Å². The summed E-state index contributed by atoms with van der Waals surface area (Å²) in [7, 11) is 0. The normalized spacial score (nSPS) is 17.7. The van der Waals surface area contributed by atoms with Crippen LogP contribution in [0.1, 0.15) is 73.8 Å². The maximum Gasteiger partial charge on any atom is 0.251 e.